The summed E-state index contributed by atoms with van der Waals surface area (Å²) in [7, 11) is 0. The number of amides is 1. The van der Waals surface area contributed by atoms with Crippen LogP contribution in [0.2, 0.25) is 5.02 Å². The number of aromatic nitrogens is 2. The molecule has 0 unspecified atom stereocenters. The molecule has 0 spiro atoms. The minimum Gasteiger partial charge on any atom is -0.360 e. The Labute approximate surface area is 122 Å². The van der Waals surface area contributed by atoms with Crippen molar-refractivity contribution in [2.24, 2.45) is 0 Å². The van der Waals surface area contributed by atoms with Gasteiger partial charge in [-0.25, -0.2) is 10.5 Å². The van der Waals surface area contributed by atoms with Crippen molar-refractivity contribution in [3.8, 4) is 0 Å². The van der Waals surface area contributed by atoms with E-state index in [-0.39, 0.29) is 6.54 Å². The molecule has 2 aromatic heterocycles. The van der Waals surface area contributed by atoms with Crippen LogP contribution in [0.15, 0.2) is 16.7 Å². The largest absolute Gasteiger partial charge is 0.360 e. The lowest BCUT2D eigenvalue weighted by Gasteiger charge is -2.07. The lowest BCUT2D eigenvalue weighted by molar-refractivity contribution is -0.127. The van der Waals surface area contributed by atoms with Crippen molar-refractivity contribution in [3.63, 3.8) is 0 Å². The van der Waals surface area contributed by atoms with Gasteiger partial charge in [0.15, 0.2) is 5.65 Å². The maximum Gasteiger partial charge on any atom is 0.262 e. The monoisotopic (exact) mass is 346 g/mol. The zero-order chi connectivity index (χ0) is 14.0. The van der Waals surface area contributed by atoms with E-state index >= 15 is 0 Å². The molecule has 0 fully saturated rings. The molecule has 2 heterocycles. The molecule has 0 radical (unpaired) electrons. The van der Waals surface area contributed by atoms with E-state index in [4.69, 9.17) is 16.8 Å². The topological polar surface area (TPSA) is 78.7 Å². The molecule has 2 rings (SSSR count). The van der Waals surface area contributed by atoms with Gasteiger partial charge in [-0.2, -0.15) is 0 Å². The van der Waals surface area contributed by atoms with Crippen molar-refractivity contribution in [1.29, 1.82) is 0 Å². The third kappa shape index (κ3) is 2.83. The Morgan fingerprint density at radius 2 is 2.37 bits per heavy atom. The molecule has 102 valence electrons. The van der Waals surface area contributed by atoms with E-state index in [2.05, 4.69) is 26.2 Å². The van der Waals surface area contributed by atoms with Crippen LogP contribution in [0.25, 0.3) is 5.65 Å². The molecule has 0 atom stereocenters. The molecule has 0 aliphatic rings. The summed E-state index contributed by atoms with van der Waals surface area (Å²) in [5, 5.41) is 12.0. The average Bonchev–Trinajstić information content (AvgIpc) is 2.74. The van der Waals surface area contributed by atoms with Crippen molar-refractivity contribution < 1.29 is 10.0 Å². The van der Waals surface area contributed by atoms with Crippen LogP contribution in [0.5, 0.6) is 0 Å². The number of hydrogen-bond donors (Lipinski definition) is 3. The Balaban J connectivity index is 2.47. The molecule has 0 saturated carbocycles. The van der Waals surface area contributed by atoms with Crippen LogP contribution >= 0.6 is 27.5 Å². The van der Waals surface area contributed by atoms with Crippen molar-refractivity contribution in [2.45, 2.75) is 13.3 Å². The number of imidazole rings is 1. The summed E-state index contributed by atoms with van der Waals surface area (Å²) >= 11 is 9.42. The number of nitrogens with one attached hydrogen (secondary N) is 2. The summed E-state index contributed by atoms with van der Waals surface area (Å²) in [6.45, 7) is 1.91. The highest BCUT2D eigenvalue weighted by molar-refractivity contribution is 9.10. The van der Waals surface area contributed by atoms with Crippen LogP contribution in [0.3, 0.4) is 0 Å². The number of aryl methyl sites for hydroxylation is 1. The molecular formula is C11H12BrClN4O2. The molecule has 2 aromatic rings. The number of hydroxylamine groups is 1. The van der Waals surface area contributed by atoms with Gasteiger partial charge in [0.2, 0.25) is 0 Å². The number of carbonyl (C=O) groups excluding carboxylic acids is 1. The summed E-state index contributed by atoms with van der Waals surface area (Å²) in [5.74, 6) is 0.155. The van der Waals surface area contributed by atoms with Crippen LogP contribution < -0.4 is 10.8 Å². The molecular weight excluding hydrogens is 336 g/mol. The Hall–Kier alpha value is -1.31. The van der Waals surface area contributed by atoms with Crippen LogP contribution in [-0.2, 0) is 11.2 Å². The van der Waals surface area contributed by atoms with Gasteiger partial charge < -0.3 is 5.32 Å². The third-order valence-corrected chi connectivity index (χ3v) is 3.38. The average molecular weight is 348 g/mol. The summed E-state index contributed by atoms with van der Waals surface area (Å²) in [6, 6.07) is 1.76. The number of hydrogen-bond acceptors (Lipinski definition) is 4. The lowest BCUT2D eigenvalue weighted by atomic mass is 10.3. The first-order valence-corrected chi connectivity index (χ1v) is 6.76. The molecule has 6 nitrogen and oxygen atoms in total. The van der Waals surface area contributed by atoms with Crippen molar-refractivity contribution >= 4 is 44.9 Å². The van der Waals surface area contributed by atoms with E-state index in [1.165, 1.54) is 0 Å². The van der Waals surface area contributed by atoms with Gasteiger partial charge in [-0.1, -0.05) is 18.5 Å². The fourth-order valence-corrected chi connectivity index (χ4v) is 2.62. The highest BCUT2D eigenvalue weighted by Gasteiger charge is 2.14. The zero-order valence-electron chi connectivity index (χ0n) is 10.1. The highest BCUT2D eigenvalue weighted by atomic mass is 79.9. The molecule has 0 aliphatic heterocycles. The van der Waals surface area contributed by atoms with Gasteiger partial charge >= 0.3 is 0 Å². The normalized spacial score (nSPS) is 10.7. The first-order chi connectivity index (χ1) is 9.06. The van der Waals surface area contributed by atoms with E-state index in [1.54, 1.807) is 22.1 Å². The highest BCUT2D eigenvalue weighted by Crippen LogP contribution is 2.27. The maximum absolute atomic E-state index is 11.1. The number of anilines is 1. The molecule has 1 amide bonds. The van der Waals surface area contributed by atoms with Gasteiger partial charge in [-0.15, -0.1) is 0 Å². The van der Waals surface area contributed by atoms with Crippen molar-refractivity contribution in [3.05, 3.63) is 27.5 Å². The van der Waals surface area contributed by atoms with E-state index < -0.39 is 5.91 Å². The summed E-state index contributed by atoms with van der Waals surface area (Å²) in [5.41, 5.74) is 3.10. The number of pyridine rings is 1. The fourth-order valence-electron chi connectivity index (χ4n) is 1.76. The minimum absolute atomic E-state index is 0.0541. The smallest absolute Gasteiger partial charge is 0.262 e. The summed E-state index contributed by atoms with van der Waals surface area (Å²) in [4.78, 5) is 15.6. The molecule has 8 heteroatoms. The second-order valence-corrected chi connectivity index (χ2v) is 5.14. The van der Waals surface area contributed by atoms with Crippen molar-refractivity contribution in [2.75, 3.05) is 11.9 Å². The molecule has 19 heavy (non-hydrogen) atoms. The Bertz CT molecular complexity index is 629. The van der Waals surface area contributed by atoms with Crippen LogP contribution in [-0.4, -0.2) is 27.0 Å². The minimum atomic E-state index is -0.530. The SMILES string of the molecule is CCc1nc2c(Br)cc(Cl)cn2c1NCC(=O)NO. The van der Waals surface area contributed by atoms with Gasteiger partial charge in [-0.3, -0.25) is 14.4 Å². The van der Waals surface area contributed by atoms with Gasteiger partial charge in [0.1, 0.15) is 5.82 Å². The second-order valence-electron chi connectivity index (χ2n) is 3.85. The standard InChI is InChI=1S/C11H12BrClN4O2/c1-2-8-11(14-4-9(18)16-19)17-5-6(13)3-7(12)10(17)15-8/h3,5,14,19H,2,4H2,1H3,(H,16,18). The number of rotatable bonds is 4. The van der Waals surface area contributed by atoms with Crippen LogP contribution in [0.4, 0.5) is 5.82 Å². The van der Waals surface area contributed by atoms with Gasteiger partial charge in [0.05, 0.1) is 21.7 Å². The first-order valence-electron chi connectivity index (χ1n) is 5.59. The Kier molecular flexibility index (Phi) is 4.28. The quantitative estimate of drug-likeness (QED) is 0.585. The zero-order valence-corrected chi connectivity index (χ0v) is 12.4. The molecule has 0 aromatic carbocycles. The number of halogens is 2. The third-order valence-electron chi connectivity index (χ3n) is 2.59. The lowest BCUT2D eigenvalue weighted by Crippen LogP contribution is -2.27. The molecule has 0 aliphatic carbocycles. The van der Waals surface area contributed by atoms with Crippen molar-refractivity contribution in [1.82, 2.24) is 14.9 Å². The maximum atomic E-state index is 11.1. The molecule has 0 saturated heterocycles. The number of nitrogens with zero attached hydrogens (tertiary/aromatic N) is 2. The Morgan fingerprint density at radius 3 is 3.00 bits per heavy atom. The number of carbonyl (C=O) groups is 1. The molecule has 3 N–H and O–H groups in total. The summed E-state index contributed by atoms with van der Waals surface area (Å²) in [6.07, 6.45) is 2.42. The predicted octanol–water partition coefficient (Wildman–Crippen LogP) is 2.23. The first kappa shape index (κ1) is 14.1. The van der Waals surface area contributed by atoms with Crippen LogP contribution in [0, 0.1) is 0 Å². The van der Waals surface area contributed by atoms with E-state index in [0.717, 1.165) is 10.2 Å². The molecule has 0 bridgehead atoms. The van der Waals surface area contributed by atoms with Gasteiger partial charge in [0, 0.05) is 6.20 Å². The summed E-state index contributed by atoms with van der Waals surface area (Å²) < 4.78 is 2.55. The fraction of sp³-hybridized carbons (Fsp3) is 0.273. The van der Waals surface area contributed by atoms with Gasteiger partial charge in [-0.05, 0) is 28.4 Å². The van der Waals surface area contributed by atoms with Crippen LogP contribution in [0.1, 0.15) is 12.6 Å². The number of fused-ring (bicyclic) bond motifs is 1. The van der Waals surface area contributed by atoms with E-state index in [1.807, 2.05) is 6.92 Å². The van der Waals surface area contributed by atoms with Gasteiger partial charge in [0.25, 0.3) is 5.91 Å². The van der Waals surface area contributed by atoms with E-state index in [9.17, 15) is 4.79 Å². The second kappa shape index (κ2) is 5.77. The predicted molar refractivity (Wildman–Crippen MR) is 75.7 cm³/mol. The van der Waals surface area contributed by atoms with E-state index in [0.29, 0.717) is 22.9 Å². The Morgan fingerprint density at radius 1 is 1.63 bits per heavy atom.